The number of hydrogen-bond acceptors (Lipinski definition) is 7. The van der Waals surface area contributed by atoms with E-state index in [9.17, 15) is 5.11 Å². The van der Waals surface area contributed by atoms with E-state index in [4.69, 9.17) is 14.9 Å². The zero-order valence-electron chi connectivity index (χ0n) is 13.5. The normalized spacial score (nSPS) is 22.2. The number of anilines is 1. The van der Waals surface area contributed by atoms with Crippen LogP contribution in [-0.2, 0) is 5.60 Å². The van der Waals surface area contributed by atoms with Gasteiger partial charge in [0.1, 0.15) is 5.60 Å². The van der Waals surface area contributed by atoms with Gasteiger partial charge in [0.05, 0.1) is 12.3 Å². The van der Waals surface area contributed by atoms with E-state index in [1.165, 1.54) is 0 Å². The molecule has 0 radical (unpaired) electrons. The highest BCUT2D eigenvalue weighted by Crippen LogP contribution is 2.32. The lowest BCUT2D eigenvalue weighted by Gasteiger charge is -2.18. The van der Waals surface area contributed by atoms with Gasteiger partial charge in [-0.1, -0.05) is 19.3 Å². The van der Waals surface area contributed by atoms with Crippen molar-refractivity contribution >= 4 is 5.69 Å². The van der Waals surface area contributed by atoms with Gasteiger partial charge in [-0.25, -0.2) is 4.98 Å². The molecule has 23 heavy (non-hydrogen) atoms. The number of pyridine rings is 1. The fraction of sp³-hybridized carbons (Fsp3) is 0.562. The molecule has 124 valence electrons. The molecular weight excluding hydrogens is 296 g/mol. The molecule has 4 bridgehead atoms. The predicted molar refractivity (Wildman–Crippen MR) is 84.8 cm³/mol. The van der Waals surface area contributed by atoms with Crippen LogP contribution in [0.3, 0.4) is 0 Å². The maximum Gasteiger partial charge on any atom is 0.268 e. The van der Waals surface area contributed by atoms with Crippen molar-refractivity contribution in [2.75, 3.05) is 12.3 Å². The Morgan fingerprint density at radius 1 is 1.22 bits per heavy atom. The Morgan fingerprint density at radius 2 is 2.00 bits per heavy atom. The van der Waals surface area contributed by atoms with Crippen molar-refractivity contribution in [3.05, 3.63) is 17.5 Å². The van der Waals surface area contributed by atoms with Gasteiger partial charge in [-0.05, 0) is 32.8 Å². The van der Waals surface area contributed by atoms with Gasteiger partial charge in [-0.15, -0.1) is 10.2 Å². The second kappa shape index (κ2) is 6.16. The second-order valence-corrected chi connectivity index (χ2v) is 6.25. The molecule has 1 atom stereocenters. The number of ether oxygens (including phenoxy) is 1. The Bertz CT molecular complexity index is 697. The first kappa shape index (κ1) is 15.7. The van der Waals surface area contributed by atoms with Gasteiger partial charge in [0.2, 0.25) is 11.8 Å². The standard InChI is InChI=1S/C16H22N4O3/c1-10-9-11(17)12-14-19-20-15(23-14)16(2,21)7-5-3-4-6-8-22-13(10)18-12/h9,21H,3-8,17H2,1-2H3/t16-/m1/s1. The molecule has 0 aliphatic carbocycles. The zero-order valence-corrected chi connectivity index (χ0v) is 13.5. The fourth-order valence-corrected chi connectivity index (χ4v) is 2.67. The quantitative estimate of drug-likeness (QED) is 0.768. The third kappa shape index (κ3) is 3.29. The molecule has 7 nitrogen and oxygen atoms in total. The average Bonchev–Trinajstić information content (AvgIpc) is 2.97. The van der Waals surface area contributed by atoms with Crippen molar-refractivity contribution in [1.29, 1.82) is 0 Å². The summed E-state index contributed by atoms with van der Waals surface area (Å²) in [5.74, 6) is 0.909. The molecule has 0 amide bonds. The summed E-state index contributed by atoms with van der Waals surface area (Å²) >= 11 is 0. The van der Waals surface area contributed by atoms with Crippen LogP contribution in [0, 0.1) is 6.92 Å². The first-order valence-corrected chi connectivity index (χ1v) is 7.94. The highest BCUT2D eigenvalue weighted by atomic mass is 16.5. The van der Waals surface area contributed by atoms with Gasteiger partial charge in [0.15, 0.2) is 5.69 Å². The van der Waals surface area contributed by atoms with E-state index >= 15 is 0 Å². The van der Waals surface area contributed by atoms with Crippen molar-refractivity contribution in [2.45, 2.75) is 51.6 Å². The lowest BCUT2D eigenvalue weighted by Crippen LogP contribution is -2.21. The van der Waals surface area contributed by atoms with E-state index in [0.717, 1.165) is 31.2 Å². The number of aryl methyl sites for hydroxylation is 1. The molecule has 0 saturated carbocycles. The molecule has 2 aromatic heterocycles. The van der Waals surface area contributed by atoms with E-state index in [2.05, 4.69) is 15.2 Å². The molecule has 0 unspecified atom stereocenters. The molecule has 0 fully saturated rings. The summed E-state index contributed by atoms with van der Waals surface area (Å²) in [6.07, 6.45) is 4.44. The Labute approximate surface area is 134 Å². The minimum absolute atomic E-state index is 0.189. The van der Waals surface area contributed by atoms with Crippen molar-refractivity contribution in [2.24, 2.45) is 0 Å². The van der Waals surface area contributed by atoms with Crippen LogP contribution in [0.1, 0.15) is 50.5 Å². The summed E-state index contributed by atoms with van der Waals surface area (Å²) in [5, 5.41) is 18.5. The summed E-state index contributed by atoms with van der Waals surface area (Å²) in [7, 11) is 0. The molecule has 0 aromatic carbocycles. The van der Waals surface area contributed by atoms with Gasteiger partial charge in [-0.2, -0.15) is 0 Å². The van der Waals surface area contributed by atoms with Crippen LogP contribution < -0.4 is 10.5 Å². The van der Waals surface area contributed by atoms with Crippen molar-refractivity contribution in [3.63, 3.8) is 0 Å². The Morgan fingerprint density at radius 3 is 2.83 bits per heavy atom. The van der Waals surface area contributed by atoms with Crippen molar-refractivity contribution in [3.8, 4) is 17.5 Å². The van der Waals surface area contributed by atoms with Crippen LogP contribution in [0.4, 0.5) is 5.69 Å². The summed E-state index contributed by atoms with van der Waals surface area (Å²) in [4.78, 5) is 4.43. The van der Waals surface area contributed by atoms with E-state index in [0.29, 0.717) is 30.3 Å². The molecule has 1 aliphatic heterocycles. The van der Waals surface area contributed by atoms with Crippen LogP contribution in [0.5, 0.6) is 5.88 Å². The summed E-state index contributed by atoms with van der Waals surface area (Å²) in [6.45, 7) is 4.19. The van der Waals surface area contributed by atoms with E-state index in [1.54, 1.807) is 13.0 Å². The molecule has 3 rings (SSSR count). The second-order valence-electron chi connectivity index (χ2n) is 6.25. The summed E-state index contributed by atoms with van der Waals surface area (Å²) < 4.78 is 11.4. The maximum atomic E-state index is 10.6. The highest BCUT2D eigenvalue weighted by Gasteiger charge is 2.30. The smallest absolute Gasteiger partial charge is 0.268 e. The third-order valence-corrected chi connectivity index (χ3v) is 4.08. The maximum absolute atomic E-state index is 10.6. The van der Waals surface area contributed by atoms with Gasteiger partial charge >= 0.3 is 0 Å². The average molecular weight is 318 g/mol. The number of aliphatic hydroxyl groups is 1. The molecule has 0 spiro atoms. The monoisotopic (exact) mass is 318 g/mol. The lowest BCUT2D eigenvalue weighted by atomic mass is 9.98. The number of aromatic nitrogens is 3. The third-order valence-electron chi connectivity index (χ3n) is 4.08. The molecule has 7 heteroatoms. The van der Waals surface area contributed by atoms with Gasteiger partial charge in [0, 0.05) is 5.56 Å². The summed E-state index contributed by atoms with van der Waals surface area (Å²) in [5.41, 5.74) is 6.58. The Balaban J connectivity index is 2.04. The van der Waals surface area contributed by atoms with Crippen LogP contribution in [0.15, 0.2) is 10.5 Å². The number of nitrogen functional groups attached to an aromatic ring is 1. The largest absolute Gasteiger partial charge is 0.477 e. The van der Waals surface area contributed by atoms with Crippen molar-refractivity contribution in [1.82, 2.24) is 15.2 Å². The first-order chi connectivity index (χ1) is 11.0. The predicted octanol–water partition coefficient (Wildman–Crippen LogP) is 2.57. The Kier molecular flexibility index (Phi) is 4.21. The molecule has 1 aliphatic rings. The topological polar surface area (TPSA) is 107 Å². The summed E-state index contributed by atoms with van der Waals surface area (Å²) in [6, 6.07) is 1.78. The number of nitrogens with zero attached hydrogens (tertiary/aromatic N) is 3. The number of rotatable bonds is 0. The molecule has 2 aromatic rings. The minimum atomic E-state index is -1.14. The first-order valence-electron chi connectivity index (χ1n) is 7.94. The van der Waals surface area contributed by atoms with Gasteiger partial charge in [-0.3, -0.25) is 0 Å². The van der Waals surface area contributed by atoms with Gasteiger partial charge < -0.3 is 20.0 Å². The van der Waals surface area contributed by atoms with E-state index in [1.807, 2.05) is 6.92 Å². The van der Waals surface area contributed by atoms with Crippen LogP contribution in [-0.4, -0.2) is 26.9 Å². The number of fused-ring (bicyclic) bond motifs is 5. The SMILES string of the molecule is Cc1cc(N)c2nc1OCCCCCC[C@@](C)(O)c1nnc-2o1. The molecule has 3 heterocycles. The van der Waals surface area contributed by atoms with Crippen LogP contribution in [0.2, 0.25) is 0 Å². The molecule has 3 N–H and O–H groups in total. The van der Waals surface area contributed by atoms with Crippen LogP contribution in [0.25, 0.3) is 11.6 Å². The van der Waals surface area contributed by atoms with Crippen LogP contribution >= 0.6 is 0 Å². The minimum Gasteiger partial charge on any atom is -0.477 e. The molecular formula is C16H22N4O3. The zero-order chi connectivity index (χ0) is 16.4. The fourth-order valence-electron chi connectivity index (χ4n) is 2.67. The highest BCUT2D eigenvalue weighted by molar-refractivity contribution is 5.67. The van der Waals surface area contributed by atoms with E-state index in [-0.39, 0.29) is 11.8 Å². The Hall–Kier alpha value is -2.15. The van der Waals surface area contributed by atoms with Gasteiger partial charge in [0.25, 0.3) is 5.89 Å². The number of nitrogens with two attached hydrogens (primary N) is 1. The molecule has 0 saturated heterocycles. The van der Waals surface area contributed by atoms with E-state index < -0.39 is 5.60 Å². The lowest BCUT2D eigenvalue weighted by molar-refractivity contribution is 0.0176. The number of hydrogen-bond donors (Lipinski definition) is 2. The van der Waals surface area contributed by atoms with Crippen molar-refractivity contribution < 1.29 is 14.3 Å².